The maximum atomic E-state index is 13.5. The van der Waals surface area contributed by atoms with Crippen molar-refractivity contribution in [3.05, 3.63) is 12.2 Å². The average molecular weight is 1340 g/mol. The number of carbonyl (C=O) groups is 3. The van der Waals surface area contributed by atoms with Crippen molar-refractivity contribution in [3.63, 3.8) is 0 Å². The molecular formula is C70H130N2O21. The number of amides is 2. The number of rotatable bonds is 56. The molecule has 93 heavy (non-hydrogen) atoms. The quantitative estimate of drug-likeness (QED) is 0.0207. The Bertz CT molecular complexity index is 1930. The number of aliphatic hydroxyl groups excluding tert-OH is 11. The van der Waals surface area contributed by atoms with Crippen LogP contribution in [-0.2, 0) is 42.8 Å². The van der Waals surface area contributed by atoms with E-state index in [1.807, 2.05) is 6.08 Å². The molecule has 0 saturated carbocycles. The Morgan fingerprint density at radius 1 is 0.559 bits per heavy atom. The largest absolute Gasteiger partial charge is 0.477 e. The second kappa shape index (κ2) is 50.7. The Morgan fingerprint density at radius 2 is 1.00 bits per heavy atom. The Labute approximate surface area is 556 Å². The number of unbranched alkanes of at least 4 members (excludes halogenated alkanes) is 36. The third kappa shape index (κ3) is 32.8. The van der Waals surface area contributed by atoms with E-state index in [4.69, 9.17) is 28.4 Å². The van der Waals surface area contributed by atoms with Crippen LogP contribution in [-0.4, -0.2) is 215 Å². The number of nitrogens with one attached hydrogen (secondary N) is 2. The summed E-state index contributed by atoms with van der Waals surface area (Å²) in [6, 6.07) is -2.61. The predicted octanol–water partition coefficient (Wildman–Crippen LogP) is 7.46. The monoisotopic (exact) mass is 1330 g/mol. The summed E-state index contributed by atoms with van der Waals surface area (Å²) in [6.07, 6.45) is 21.1. The molecule has 23 nitrogen and oxygen atoms in total. The zero-order valence-electron chi connectivity index (χ0n) is 57.1. The van der Waals surface area contributed by atoms with Crippen molar-refractivity contribution in [3.8, 4) is 0 Å². The van der Waals surface area contributed by atoms with Gasteiger partial charge in [0.15, 0.2) is 12.6 Å². The van der Waals surface area contributed by atoms with E-state index in [1.165, 1.54) is 186 Å². The van der Waals surface area contributed by atoms with Crippen molar-refractivity contribution < 1.29 is 104 Å². The van der Waals surface area contributed by atoms with Crippen molar-refractivity contribution in [2.75, 3.05) is 26.4 Å². The standard InChI is InChI=1S/C70H130N2O21/c1-4-6-8-10-12-14-16-18-20-21-22-23-24-25-26-27-28-30-31-33-35-37-39-41-43-52(77)51(72-57(80)44-42-40-38-36-34-32-29-19-17-15-13-11-9-7-5-2)49-88-67-62(84)61(83)64(56(48-75)90-67)91-68-63(85)66(60(82)55(47-74)89-68)93-70(69(86)87)45-53(78)58(71-50(3)76)65(92-70)59(81)54(79)46-73/h41,43,51-56,58-68,73-75,77-79,81-85H,4-40,42,44-49H2,1-3H3,(H,71,76)(H,72,80)(H,86,87)/b43-41+. The van der Waals surface area contributed by atoms with Gasteiger partial charge >= 0.3 is 5.97 Å². The van der Waals surface area contributed by atoms with E-state index in [0.717, 1.165) is 51.9 Å². The molecule has 18 atom stereocenters. The van der Waals surface area contributed by atoms with Crippen LogP contribution in [0.2, 0.25) is 0 Å². The minimum absolute atomic E-state index is 0.205. The number of aliphatic hydroxyl groups is 11. The molecule has 14 N–H and O–H groups in total. The molecule has 3 heterocycles. The molecule has 0 aromatic heterocycles. The predicted molar refractivity (Wildman–Crippen MR) is 352 cm³/mol. The zero-order valence-corrected chi connectivity index (χ0v) is 57.1. The van der Waals surface area contributed by atoms with Gasteiger partial charge in [0.1, 0.15) is 67.1 Å². The van der Waals surface area contributed by atoms with E-state index in [0.29, 0.717) is 12.8 Å². The van der Waals surface area contributed by atoms with Crippen molar-refractivity contribution in [1.29, 1.82) is 0 Å². The minimum Gasteiger partial charge on any atom is -0.477 e. The van der Waals surface area contributed by atoms with Crippen LogP contribution in [0.15, 0.2) is 12.2 Å². The lowest BCUT2D eigenvalue weighted by molar-refractivity contribution is -0.386. The maximum Gasteiger partial charge on any atom is 0.364 e. The molecule has 546 valence electrons. The van der Waals surface area contributed by atoms with Crippen molar-refractivity contribution in [1.82, 2.24) is 10.6 Å². The fourth-order valence-corrected chi connectivity index (χ4v) is 12.9. The molecule has 0 aromatic carbocycles. The van der Waals surface area contributed by atoms with E-state index >= 15 is 0 Å². The van der Waals surface area contributed by atoms with Gasteiger partial charge in [0.25, 0.3) is 5.79 Å². The lowest BCUT2D eigenvalue weighted by Crippen LogP contribution is -2.70. The lowest BCUT2D eigenvalue weighted by atomic mass is 9.88. The maximum absolute atomic E-state index is 13.5. The number of carboxylic acids is 1. The third-order valence-electron chi connectivity index (χ3n) is 18.7. The van der Waals surface area contributed by atoms with Gasteiger partial charge in [0.2, 0.25) is 11.8 Å². The molecule has 0 aromatic rings. The highest BCUT2D eigenvalue weighted by Crippen LogP contribution is 2.39. The first-order valence-corrected chi connectivity index (χ1v) is 36.6. The summed E-state index contributed by atoms with van der Waals surface area (Å²) in [5.41, 5.74) is 0. The van der Waals surface area contributed by atoms with E-state index in [1.54, 1.807) is 6.08 Å². The Kier molecular flexibility index (Phi) is 46.2. The fourth-order valence-electron chi connectivity index (χ4n) is 12.9. The summed E-state index contributed by atoms with van der Waals surface area (Å²) < 4.78 is 34.8. The van der Waals surface area contributed by atoms with Crippen LogP contribution in [0, 0.1) is 0 Å². The first kappa shape index (κ1) is 84.7. The van der Waals surface area contributed by atoms with Crippen molar-refractivity contribution in [2.45, 2.75) is 387 Å². The van der Waals surface area contributed by atoms with Crippen LogP contribution in [0.5, 0.6) is 0 Å². The van der Waals surface area contributed by atoms with E-state index in [2.05, 4.69) is 24.5 Å². The molecule has 0 bridgehead atoms. The number of hydrogen-bond acceptors (Lipinski definition) is 20. The Morgan fingerprint density at radius 3 is 1.43 bits per heavy atom. The summed E-state index contributed by atoms with van der Waals surface area (Å²) in [5.74, 6) is -6.13. The SMILES string of the molecule is CCCCCCCCCCCCCCCCCCCCCCCC/C=C/C(O)C(COC1OC(CO)C(OC2OC(CO)C(O)C(OC3(C(=O)O)CC(O)C(NC(C)=O)C(C(O)C(O)CO)O3)C2O)C(O)C1O)NC(=O)CCCCCCCCCCCCCCCCC. The molecule has 3 saturated heterocycles. The minimum atomic E-state index is -3.08. The van der Waals surface area contributed by atoms with Gasteiger partial charge in [-0.15, -0.1) is 0 Å². The second-order valence-electron chi connectivity index (χ2n) is 26.8. The highest BCUT2D eigenvalue weighted by molar-refractivity contribution is 5.77. The fraction of sp³-hybridized carbons (Fsp3) is 0.929. The summed E-state index contributed by atoms with van der Waals surface area (Å²) in [7, 11) is 0. The van der Waals surface area contributed by atoms with Crippen molar-refractivity contribution >= 4 is 17.8 Å². The van der Waals surface area contributed by atoms with Gasteiger partial charge in [0.05, 0.1) is 50.7 Å². The molecule has 0 radical (unpaired) electrons. The van der Waals surface area contributed by atoms with Crippen molar-refractivity contribution in [2.24, 2.45) is 0 Å². The van der Waals surface area contributed by atoms with Crippen LogP contribution < -0.4 is 10.6 Å². The number of carboxylic acid groups (broad SMARTS) is 1. The molecule has 18 unspecified atom stereocenters. The number of ether oxygens (including phenoxy) is 6. The smallest absolute Gasteiger partial charge is 0.364 e. The zero-order chi connectivity index (χ0) is 68.2. The molecule has 3 rings (SSSR count). The summed E-state index contributed by atoms with van der Waals surface area (Å²) in [5, 5.41) is 136. The van der Waals surface area contributed by atoms with Gasteiger partial charge in [-0.05, 0) is 19.3 Å². The molecule has 0 aliphatic carbocycles. The second-order valence-corrected chi connectivity index (χ2v) is 26.8. The third-order valence-corrected chi connectivity index (χ3v) is 18.7. The van der Waals surface area contributed by atoms with Gasteiger partial charge in [0, 0.05) is 19.8 Å². The average Bonchev–Trinajstić information content (AvgIpc) is 0.806. The molecule has 3 aliphatic heterocycles. The first-order chi connectivity index (χ1) is 44.9. The van der Waals surface area contributed by atoms with Crippen LogP contribution >= 0.6 is 0 Å². The topological polar surface area (TPSA) is 373 Å². The number of carbonyl (C=O) groups excluding carboxylic acids is 2. The molecule has 0 spiro atoms. The highest BCUT2D eigenvalue weighted by Gasteiger charge is 2.60. The molecule has 3 aliphatic rings. The Hall–Kier alpha value is -2.53. The van der Waals surface area contributed by atoms with Crippen LogP contribution in [0.3, 0.4) is 0 Å². The summed E-state index contributed by atoms with van der Waals surface area (Å²) in [4.78, 5) is 38.6. The van der Waals surface area contributed by atoms with Gasteiger partial charge in [-0.25, -0.2) is 4.79 Å². The summed E-state index contributed by atoms with van der Waals surface area (Å²) in [6.45, 7) is 2.16. The van der Waals surface area contributed by atoms with Gasteiger partial charge in [-0.3, -0.25) is 9.59 Å². The van der Waals surface area contributed by atoms with E-state index in [9.17, 15) is 75.7 Å². The normalized spacial score (nSPS) is 28.1. The van der Waals surface area contributed by atoms with Gasteiger partial charge in [-0.1, -0.05) is 251 Å². The number of allylic oxidation sites excluding steroid dienone is 1. The first-order valence-electron chi connectivity index (χ1n) is 36.6. The van der Waals surface area contributed by atoms with Crippen LogP contribution in [0.25, 0.3) is 0 Å². The van der Waals surface area contributed by atoms with E-state index in [-0.39, 0.29) is 12.3 Å². The summed E-state index contributed by atoms with van der Waals surface area (Å²) >= 11 is 0. The molecule has 3 fully saturated rings. The Balaban J connectivity index is 1.57. The molecular weight excluding hydrogens is 1200 g/mol. The molecule has 2 amide bonds. The highest BCUT2D eigenvalue weighted by atomic mass is 16.8. The number of aliphatic carboxylic acids is 1. The van der Waals surface area contributed by atoms with E-state index < -0.39 is 155 Å². The van der Waals surface area contributed by atoms with Gasteiger partial charge in [-0.2, -0.15) is 0 Å². The van der Waals surface area contributed by atoms with Gasteiger partial charge < -0.3 is 100 Å². The number of hydrogen-bond donors (Lipinski definition) is 14. The molecule has 23 heteroatoms. The van der Waals surface area contributed by atoms with Crippen LogP contribution in [0.4, 0.5) is 0 Å². The lowest BCUT2D eigenvalue weighted by Gasteiger charge is -2.50. The van der Waals surface area contributed by atoms with Crippen LogP contribution in [0.1, 0.15) is 278 Å².